The molecule has 139 heavy (non-hydrogen) atoms. The van der Waals surface area contributed by atoms with Crippen molar-refractivity contribution in [3.63, 3.8) is 0 Å². The molecule has 15 heteroatoms. The number of hydrogen-bond donors (Lipinski definition) is 1. The summed E-state index contributed by atoms with van der Waals surface area (Å²) in [6.07, 6.45) is 14.2. The molecule has 11 nitrogen and oxygen atoms in total. The van der Waals surface area contributed by atoms with E-state index in [0.29, 0.717) is 0 Å². The number of carbonyl (C=O) groups excluding carboxylic acids is 1. The monoisotopic (exact) mass is 2520 g/mol. The molecule has 0 saturated heterocycles. The number of ketones is 1. The third-order valence-corrected chi connectivity index (χ3v) is 21.8. The van der Waals surface area contributed by atoms with E-state index in [4.69, 9.17) is 13.9 Å². The largest absolute Gasteiger partial charge is 0.512 e. The van der Waals surface area contributed by atoms with Gasteiger partial charge in [0.2, 0.25) is 0 Å². The van der Waals surface area contributed by atoms with Gasteiger partial charge >= 0.3 is 0 Å². The van der Waals surface area contributed by atoms with Gasteiger partial charge in [0.1, 0.15) is 11.2 Å². The SMILES string of the molecule is CC(=O)C=C(C)O.Cc1cc(-c2[c-]cccc2)ncc1-c1ccccc1.Cc1cc(-c2[c-]cccc2)ncc1-c1ccccc1.Cc1ccc(-c2[c-]cccc2)nc1.Cc1cccc2c1oc1c(-c3cc(-c4ccccc4)ccn3)[c-]ccc12.Cc1cccc2c1oc1c(-c3cc(-c4ccccc4)ccn3)[c-]ccc12.Cc1ccnc(-c2[c-]cccc2)c1.[Ir].[Ir].[Ir].[Ir].[c-]1ccccc1-c1ccccn1. The van der Waals surface area contributed by atoms with E-state index in [0.717, 1.165) is 145 Å². The minimum atomic E-state index is -0.125. The van der Waals surface area contributed by atoms with E-state index >= 15 is 0 Å². The number of allylic oxidation sites excluding steroid dienone is 2. The average molecular weight is 2520 g/mol. The number of pyridine rings is 7. The van der Waals surface area contributed by atoms with Crippen LogP contribution in [-0.4, -0.2) is 45.8 Å². The number of hydrogen-bond acceptors (Lipinski definition) is 11. The summed E-state index contributed by atoms with van der Waals surface area (Å²) in [4.78, 5) is 41.1. The molecule has 0 aliphatic carbocycles. The third kappa shape index (κ3) is 28.7. The van der Waals surface area contributed by atoms with Crippen LogP contribution in [0.1, 0.15) is 47.2 Å². The first-order valence-electron chi connectivity index (χ1n) is 44.4. The molecular formula is C124H96Ir4N7O4-7. The van der Waals surface area contributed by atoms with E-state index in [9.17, 15) is 4.79 Å². The summed E-state index contributed by atoms with van der Waals surface area (Å²) in [7, 11) is 0. The fourth-order valence-corrected chi connectivity index (χ4v) is 15.1. The summed E-state index contributed by atoms with van der Waals surface area (Å²) in [5.74, 6) is -0.0625. The van der Waals surface area contributed by atoms with E-state index < -0.39 is 0 Å². The molecule has 0 atom stereocenters. The molecule has 22 aromatic rings. The number of aliphatic hydroxyl groups is 1. The fourth-order valence-electron chi connectivity index (χ4n) is 15.1. The summed E-state index contributed by atoms with van der Waals surface area (Å²) in [6.45, 7) is 15.3. The first-order chi connectivity index (χ1) is 66.1. The van der Waals surface area contributed by atoms with E-state index in [-0.39, 0.29) is 92.0 Å². The van der Waals surface area contributed by atoms with Crippen molar-refractivity contribution in [2.24, 2.45) is 0 Å². The van der Waals surface area contributed by atoms with Gasteiger partial charge in [-0.2, -0.15) is 0 Å². The van der Waals surface area contributed by atoms with Crippen molar-refractivity contribution >= 4 is 49.7 Å². The van der Waals surface area contributed by atoms with Crippen molar-refractivity contribution in [1.29, 1.82) is 0 Å². The molecule has 4 radical (unpaired) electrons. The Morgan fingerprint density at radius 2 is 0.604 bits per heavy atom. The molecule has 0 amide bonds. The zero-order chi connectivity index (χ0) is 93.5. The maximum atomic E-state index is 10.0. The molecule has 13 aromatic carbocycles. The minimum Gasteiger partial charge on any atom is -0.512 e. The Kier molecular flexibility index (Phi) is 40.1. The fraction of sp³-hybridized carbons (Fsp3) is 0.0645. The van der Waals surface area contributed by atoms with Crippen LogP contribution in [0.15, 0.2) is 446 Å². The molecule has 0 spiro atoms. The Morgan fingerprint density at radius 1 is 0.259 bits per heavy atom. The van der Waals surface area contributed by atoms with Gasteiger partial charge in [-0.05, 0) is 181 Å². The number of para-hydroxylation sites is 2. The van der Waals surface area contributed by atoms with Crippen LogP contribution in [-0.2, 0) is 85.2 Å². The zero-order valence-corrected chi connectivity index (χ0v) is 87.2. The molecule has 0 saturated carbocycles. The predicted octanol–water partition coefficient (Wildman–Crippen LogP) is 31.2. The van der Waals surface area contributed by atoms with E-state index in [1.807, 2.05) is 293 Å². The molecular weight excluding hydrogens is 2420 g/mol. The number of carbonyl (C=O) groups is 1. The summed E-state index contributed by atoms with van der Waals surface area (Å²) < 4.78 is 12.5. The van der Waals surface area contributed by atoms with Gasteiger partial charge in [-0.1, -0.05) is 240 Å². The Balaban J connectivity index is 0.000000155. The van der Waals surface area contributed by atoms with Crippen LogP contribution in [0.2, 0.25) is 0 Å². The van der Waals surface area contributed by atoms with E-state index in [1.54, 1.807) is 6.20 Å². The number of aryl methyl sites for hydroxylation is 6. The van der Waals surface area contributed by atoms with Crippen LogP contribution in [0.5, 0.6) is 0 Å². The van der Waals surface area contributed by atoms with Crippen LogP contribution >= 0.6 is 0 Å². The zero-order valence-electron chi connectivity index (χ0n) is 77.6. The molecule has 0 aliphatic heterocycles. The second kappa shape index (κ2) is 53.1. The second-order valence-corrected chi connectivity index (χ2v) is 31.8. The minimum absolute atomic E-state index is 0. The number of rotatable bonds is 12. The van der Waals surface area contributed by atoms with Crippen LogP contribution in [0.25, 0.3) is 167 Å². The third-order valence-electron chi connectivity index (χ3n) is 21.8. The molecule has 0 bridgehead atoms. The summed E-state index contributed by atoms with van der Waals surface area (Å²) in [6, 6.07) is 150. The molecule has 0 fully saturated rings. The predicted molar refractivity (Wildman–Crippen MR) is 551 cm³/mol. The van der Waals surface area contributed by atoms with Gasteiger partial charge in [-0.3, -0.25) is 4.79 Å². The Bertz CT molecular complexity index is 7260. The van der Waals surface area contributed by atoms with Gasteiger partial charge < -0.3 is 48.8 Å². The Morgan fingerprint density at radius 3 is 0.950 bits per heavy atom. The van der Waals surface area contributed by atoms with Crippen LogP contribution in [0.4, 0.5) is 0 Å². The Hall–Kier alpha value is -14.7. The average Bonchev–Trinajstić information content (AvgIpc) is 1.62. The Labute approximate surface area is 867 Å². The van der Waals surface area contributed by atoms with Crippen molar-refractivity contribution in [3.05, 3.63) is 513 Å². The summed E-state index contributed by atoms with van der Waals surface area (Å²) >= 11 is 0. The smallest absolute Gasteiger partial charge is 0.155 e. The topological polar surface area (TPSA) is 154 Å². The van der Waals surface area contributed by atoms with Gasteiger partial charge in [-0.25, -0.2) is 0 Å². The van der Waals surface area contributed by atoms with Gasteiger partial charge in [0, 0.05) is 152 Å². The maximum Gasteiger partial charge on any atom is 0.155 e. The number of furan rings is 2. The number of aliphatic hydroxyl groups excluding tert-OH is 1. The molecule has 0 unspecified atom stereocenters. The molecule has 9 aromatic heterocycles. The van der Waals surface area contributed by atoms with Crippen molar-refractivity contribution in [2.45, 2.75) is 55.4 Å². The first kappa shape index (κ1) is 105. The van der Waals surface area contributed by atoms with Crippen LogP contribution in [0.3, 0.4) is 0 Å². The molecule has 694 valence electrons. The first-order valence-corrected chi connectivity index (χ1v) is 44.4. The van der Waals surface area contributed by atoms with Crippen molar-refractivity contribution in [2.75, 3.05) is 0 Å². The standard InChI is InChI=1S/2C24H16NO.2C18H14N.2C12H10N.C11H8N.C5H8O2.4Ir/c2*1-16-7-5-10-19-20-11-6-12-21(24(20)26-23(16)19)22-15-18(13-14-25-22)17-8-3-2-4-9-17;2*1-14-12-18(16-10-6-3-7-11-16)19-13-17(14)15-8-4-2-5-9-15;1-10-7-8-13-12(9-10)11-5-3-2-4-6-11;1-10-7-8-12(13-9-10)11-5-3-2-4-6-11;1-2-6-10(7-3-1)11-8-4-5-9-12-11;1-4(6)3-5(2)7;;;;/h2*2-11,13-15H,1H3;2*2-10,12-13H,1H3;2*2-5,7-9H,1H3;1-6,8-9H;3,6H,1-2H3;;;;/q7*-1;;;;;. The van der Waals surface area contributed by atoms with Crippen LogP contribution < -0.4 is 0 Å². The molecule has 0 aliphatic rings. The van der Waals surface area contributed by atoms with Gasteiger partial charge in [0.05, 0.1) is 16.9 Å². The van der Waals surface area contributed by atoms with Gasteiger partial charge in [-0.15, -0.1) is 216 Å². The van der Waals surface area contributed by atoms with Gasteiger partial charge in [0.25, 0.3) is 0 Å². The summed E-state index contributed by atoms with van der Waals surface area (Å²) in [5.41, 5.74) is 33.7. The van der Waals surface area contributed by atoms with Gasteiger partial charge in [0.15, 0.2) is 5.78 Å². The quantitative estimate of drug-likeness (QED) is 0.0706. The number of fused-ring (bicyclic) bond motifs is 6. The summed E-state index contributed by atoms with van der Waals surface area (Å²) in [5, 5.41) is 12.8. The second-order valence-electron chi connectivity index (χ2n) is 31.8. The number of nitrogens with zero attached hydrogens (tertiary/aromatic N) is 7. The molecule has 22 rings (SSSR count). The van der Waals surface area contributed by atoms with Crippen molar-refractivity contribution < 1.29 is 99.2 Å². The molecule has 9 heterocycles. The number of benzene rings is 13. The number of aromatic nitrogens is 7. The van der Waals surface area contributed by atoms with Crippen molar-refractivity contribution in [1.82, 2.24) is 34.9 Å². The maximum absolute atomic E-state index is 10.0. The van der Waals surface area contributed by atoms with Crippen molar-refractivity contribution in [3.8, 4) is 123 Å². The normalized spacial score (nSPS) is 10.3. The van der Waals surface area contributed by atoms with Crippen LogP contribution in [0, 0.1) is 84.0 Å². The molecule has 1 N–H and O–H groups in total. The van der Waals surface area contributed by atoms with E-state index in [1.165, 1.54) is 75.6 Å². The van der Waals surface area contributed by atoms with E-state index in [2.05, 4.69) is 245 Å².